The van der Waals surface area contributed by atoms with Crippen LogP contribution in [0.5, 0.6) is 5.75 Å². The van der Waals surface area contributed by atoms with Crippen LogP contribution in [0.1, 0.15) is 21.5 Å². The Hall–Kier alpha value is -4.04. The number of fused-ring (bicyclic) bond motifs is 1. The van der Waals surface area contributed by atoms with Crippen molar-refractivity contribution in [3.8, 4) is 16.3 Å². The second kappa shape index (κ2) is 8.99. The van der Waals surface area contributed by atoms with Crippen LogP contribution in [-0.4, -0.2) is 25.7 Å². The van der Waals surface area contributed by atoms with Crippen LogP contribution in [0.2, 0.25) is 0 Å². The highest BCUT2D eigenvalue weighted by Crippen LogP contribution is 2.24. The Balaban J connectivity index is 1.18. The summed E-state index contributed by atoms with van der Waals surface area (Å²) in [5.74, 6) is 0.517. The van der Waals surface area contributed by atoms with Gasteiger partial charge in [-0.1, -0.05) is 72.0 Å². The maximum atomic E-state index is 12.6. The minimum Gasteiger partial charge on any atom is -0.489 e. The highest BCUT2D eigenvalue weighted by atomic mass is 32.1. The number of hydrogen-bond donors (Lipinski definition) is 1. The summed E-state index contributed by atoms with van der Waals surface area (Å²) in [4.78, 5) is 13.4. The van der Waals surface area contributed by atoms with Crippen LogP contribution >= 0.6 is 11.3 Å². The topological polar surface area (TPSA) is 81.4 Å². The lowest BCUT2D eigenvalue weighted by Crippen LogP contribution is -2.22. The normalized spacial score (nSPS) is 10.9. The molecule has 0 aliphatic rings. The predicted octanol–water partition coefficient (Wildman–Crippen LogP) is 4.36. The van der Waals surface area contributed by atoms with Gasteiger partial charge in [0.05, 0.1) is 0 Å². The van der Waals surface area contributed by atoms with Crippen molar-refractivity contribution in [3.63, 3.8) is 0 Å². The van der Waals surface area contributed by atoms with Crippen molar-refractivity contribution >= 4 is 22.2 Å². The summed E-state index contributed by atoms with van der Waals surface area (Å²) in [6.45, 7) is 0.888. The average Bonchev–Trinajstić information content (AvgIpc) is 3.45. The number of ether oxygens (including phenoxy) is 1. The van der Waals surface area contributed by atoms with Crippen molar-refractivity contribution in [3.05, 3.63) is 102 Å². The molecule has 8 heteroatoms. The molecule has 5 rings (SSSR count). The van der Waals surface area contributed by atoms with Gasteiger partial charge in [-0.3, -0.25) is 4.79 Å². The SMILES string of the molecule is O=C(NCc1ccc(-c2nn3cnnc3s2)cc1)c1cccc(OCc2ccccc2)c1. The summed E-state index contributed by atoms with van der Waals surface area (Å²) >= 11 is 1.48. The van der Waals surface area contributed by atoms with Crippen molar-refractivity contribution in [2.45, 2.75) is 13.2 Å². The molecule has 7 nitrogen and oxygen atoms in total. The molecule has 1 N–H and O–H groups in total. The quantitative estimate of drug-likeness (QED) is 0.406. The van der Waals surface area contributed by atoms with Crippen LogP contribution in [0.15, 0.2) is 85.2 Å². The standard InChI is InChI=1S/C24H19N5O2S/c30-22(20-7-4-8-21(13-20)31-15-18-5-2-1-3-6-18)25-14-17-9-11-19(12-10-17)23-28-29-16-26-27-24(29)32-23/h1-13,16H,14-15H2,(H,25,30). The van der Waals surface area contributed by atoms with Gasteiger partial charge in [0, 0.05) is 17.7 Å². The number of rotatable bonds is 7. The highest BCUT2D eigenvalue weighted by Gasteiger charge is 2.09. The van der Waals surface area contributed by atoms with E-state index in [1.807, 2.05) is 66.7 Å². The number of carbonyl (C=O) groups is 1. The van der Waals surface area contributed by atoms with E-state index in [4.69, 9.17) is 4.74 Å². The molecule has 0 fully saturated rings. The van der Waals surface area contributed by atoms with E-state index in [1.54, 1.807) is 23.0 Å². The third-order valence-corrected chi connectivity index (χ3v) is 5.85. The molecule has 0 unspecified atom stereocenters. The number of hydrogen-bond acceptors (Lipinski definition) is 6. The fourth-order valence-corrected chi connectivity index (χ4v) is 4.02. The van der Waals surface area contributed by atoms with Gasteiger partial charge in [-0.15, -0.1) is 10.2 Å². The van der Waals surface area contributed by atoms with E-state index in [0.29, 0.717) is 24.5 Å². The Bertz CT molecular complexity index is 1320. The summed E-state index contributed by atoms with van der Waals surface area (Å²) in [6, 6.07) is 25.1. The van der Waals surface area contributed by atoms with Gasteiger partial charge < -0.3 is 10.1 Å². The molecule has 158 valence electrons. The summed E-state index contributed by atoms with van der Waals surface area (Å²) in [5, 5.41) is 16.1. The van der Waals surface area contributed by atoms with Gasteiger partial charge in [0.15, 0.2) is 0 Å². The number of aromatic nitrogens is 4. The lowest BCUT2D eigenvalue weighted by atomic mass is 10.1. The Morgan fingerprint density at radius 2 is 1.81 bits per heavy atom. The summed E-state index contributed by atoms with van der Waals surface area (Å²) in [6.07, 6.45) is 1.58. The maximum absolute atomic E-state index is 12.6. The molecule has 0 saturated carbocycles. The van der Waals surface area contributed by atoms with Crippen molar-refractivity contribution in [1.82, 2.24) is 25.1 Å². The van der Waals surface area contributed by atoms with Crippen LogP contribution < -0.4 is 10.1 Å². The van der Waals surface area contributed by atoms with Crippen molar-refractivity contribution in [2.75, 3.05) is 0 Å². The molecule has 0 aliphatic carbocycles. The van der Waals surface area contributed by atoms with Gasteiger partial charge in [-0.25, -0.2) is 0 Å². The van der Waals surface area contributed by atoms with E-state index < -0.39 is 0 Å². The molecule has 32 heavy (non-hydrogen) atoms. The number of benzene rings is 3. The van der Waals surface area contributed by atoms with Crippen LogP contribution in [0.25, 0.3) is 15.5 Å². The first-order valence-electron chi connectivity index (χ1n) is 10.1. The van der Waals surface area contributed by atoms with Gasteiger partial charge in [0.2, 0.25) is 4.96 Å². The molecule has 2 aromatic heterocycles. The third kappa shape index (κ3) is 4.50. The zero-order valence-electron chi connectivity index (χ0n) is 17.0. The number of carbonyl (C=O) groups excluding carboxylic acids is 1. The molecule has 5 aromatic rings. The lowest BCUT2D eigenvalue weighted by molar-refractivity contribution is 0.0950. The number of nitrogens with zero attached hydrogens (tertiary/aromatic N) is 4. The zero-order valence-corrected chi connectivity index (χ0v) is 17.8. The van der Waals surface area contributed by atoms with Gasteiger partial charge in [-0.2, -0.15) is 9.61 Å². The van der Waals surface area contributed by atoms with E-state index >= 15 is 0 Å². The number of amides is 1. The molecule has 2 heterocycles. The van der Waals surface area contributed by atoms with Crippen LogP contribution in [0.4, 0.5) is 0 Å². The summed E-state index contributed by atoms with van der Waals surface area (Å²) in [5.41, 5.74) is 3.64. The monoisotopic (exact) mass is 441 g/mol. The smallest absolute Gasteiger partial charge is 0.251 e. The third-order valence-electron chi connectivity index (χ3n) is 4.89. The molecule has 0 radical (unpaired) electrons. The van der Waals surface area contributed by atoms with E-state index in [1.165, 1.54) is 11.3 Å². The number of nitrogens with one attached hydrogen (secondary N) is 1. The van der Waals surface area contributed by atoms with Gasteiger partial charge >= 0.3 is 0 Å². The molecular formula is C24H19N5O2S. The minimum absolute atomic E-state index is 0.145. The highest BCUT2D eigenvalue weighted by molar-refractivity contribution is 7.19. The first kappa shape index (κ1) is 19.9. The molecule has 3 aromatic carbocycles. The van der Waals surface area contributed by atoms with Crippen molar-refractivity contribution in [2.24, 2.45) is 0 Å². The molecule has 1 amide bonds. The summed E-state index contributed by atoms with van der Waals surface area (Å²) in [7, 11) is 0. The molecule has 0 atom stereocenters. The van der Waals surface area contributed by atoms with Gasteiger partial charge in [0.25, 0.3) is 5.91 Å². The fraction of sp³-hybridized carbons (Fsp3) is 0.0833. The van der Waals surface area contributed by atoms with Crippen LogP contribution in [0, 0.1) is 0 Å². The Labute approximate surface area is 188 Å². The first-order chi connectivity index (χ1) is 15.7. The van der Waals surface area contributed by atoms with E-state index in [-0.39, 0.29) is 5.91 Å². The first-order valence-corrected chi connectivity index (χ1v) is 10.9. The second-order valence-corrected chi connectivity index (χ2v) is 8.10. The zero-order chi connectivity index (χ0) is 21.8. The molecule has 0 aliphatic heterocycles. The Kier molecular flexibility index (Phi) is 5.59. The van der Waals surface area contributed by atoms with Crippen molar-refractivity contribution in [1.29, 1.82) is 0 Å². The van der Waals surface area contributed by atoms with Gasteiger partial charge in [0.1, 0.15) is 23.7 Å². The van der Waals surface area contributed by atoms with Gasteiger partial charge in [-0.05, 0) is 29.3 Å². The predicted molar refractivity (Wildman–Crippen MR) is 122 cm³/mol. The van der Waals surface area contributed by atoms with Crippen LogP contribution in [-0.2, 0) is 13.2 Å². The molecule has 0 spiro atoms. The molecule has 0 bridgehead atoms. The fourth-order valence-electron chi connectivity index (χ4n) is 3.19. The molecular weight excluding hydrogens is 422 g/mol. The van der Waals surface area contributed by atoms with E-state index in [0.717, 1.165) is 26.7 Å². The Morgan fingerprint density at radius 3 is 2.62 bits per heavy atom. The van der Waals surface area contributed by atoms with E-state index in [2.05, 4.69) is 20.6 Å². The Morgan fingerprint density at radius 1 is 0.969 bits per heavy atom. The van der Waals surface area contributed by atoms with E-state index in [9.17, 15) is 4.79 Å². The average molecular weight is 442 g/mol. The van der Waals surface area contributed by atoms with Crippen molar-refractivity contribution < 1.29 is 9.53 Å². The minimum atomic E-state index is -0.145. The maximum Gasteiger partial charge on any atom is 0.251 e. The molecule has 0 saturated heterocycles. The largest absolute Gasteiger partial charge is 0.489 e. The summed E-state index contributed by atoms with van der Waals surface area (Å²) < 4.78 is 7.48. The lowest BCUT2D eigenvalue weighted by Gasteiger charge is -2.09. The van der Waals surface area contributed by atoms with Crippen LogP contribution in [0.3, 0.4) is 0 Å². The second-order valence-electron chi connectivity index (χ2n) is 7.15.